The Morgan fingerprint density at radius 2 is 1.67 bits per heavy atom. The van der Waals surface area contributed by atoms with Gasteiger partial charge in [0.15, 0.2) is 0 Å². The van der Waals surface area contributed by atoms with Gasteiger partial charge in [0.25, 0.3) is 10.0 Å². The first-order valence-electron chi connectivity index (χ1n) is 9.04. The Morgan fingerprint density at radius 1 is 1.04 bits per heavy atom. The standard InChI is InChI=1S/C20H23NO5S/c1-2-25-20(22)15-7-9-16(10-8-15)21-27(23,24)19-13-11-18(12-14-19)26-17-5-3-4-6-17/h7-14,17,21H,2-6H2,1H3. The molecule has 0 radical (unpaired) electrons. The van der Waals surface area contributed by atoms with Gasteiger partial charge in [0.2, 0.25) is 0 Å². The van der Waals surface area contributed by atoms with Gasteiger partial charge in [-0.05, 0) is 81.1 Å². The Morgan fingerprint density at radius 3 is 2.26 bits per heavy atom. The van der Waals surface area contributed by atoms with Gasteiger partial charge in [-0.1, -0.05) is 0 Å². The summed E-state index contributed by atoms with van der Waals surface area (Å²) in [5.74, 6) is 0.240. The van der Waals surface area contributed by atoms with Crippen molar-refractivity contribution in [3.05, 3.63) is 54.1 Å². The van der Waals surface area contributed by atoms with Crippen LogP contribution in [0.5, 0.6) is 5.75 Å². The molecule has 144 valence electrons. The van der Waals surface area contributed by atoms with E-state index in [0.29, 0.717) is 17.0 Å². The van der Waals surface area contributed by atoms with E-state index in [1.165, 1.54) is 49.2 Å². The number of sulfonamides is 1. The number of benzene rings is 2. The number of ether oxygens (including phenoxy) is 2. The van der Waals surface area contributed by atoms with Crippen LogP contribution >= 0.6 is 0 Å². The van der Waals surface area contributed by atoms with E-state index in [0.717, 1.165) is 12.8 Å². The predicted octanol–water partition coefficient (Wildman–Crippen LogP) is 3.99. The molecule has 0 bridgehead atoms. The molecule has 2 aromatic rings. The smallest absolute Gasteiger partial charge is 0.338 e. The lowest BCUT2D eigenvalue weighted by Crippen LogP contribution is -2.14. The number of carbonyl (C=O) groups is 1. The summed E-state index contributed by atoms with van der Waals surface area (Å²) >= 11 is 0. The number of esters is 1. The minimum atomic E-state index is -3.72. The second kappa shape index (κ2) is 8.43. The maximum Gasteiger partial charge on any atom is 0.338 e. The molecule has 0 atom stereocenters. The molecule has 2 aromatic carbocycles. The van der Waals surface area contributed by atoms with E-state index >= 15 is 0 Å². The van der Waals surface area contributed by atoms with Crippen LogP contribution in [0.1, 0.15) is 43.0 Å². The molecule has 0 spiro atoms. The molecule has 0 amide bonds. The Kier molecular flexibility index (Phi) is 6.01. The van der Waals surface area contributed by atoms with Crippen LogP contribution in [0, 0.1) is 0 Å². The Bertz CT molecular complexity index is 870. The summed E-state index contributed by atoms with van der Waals surface area (Å²) in [7, 11) is -3.72. The number of rotatable bonds is 7. The van der Waals surface area contributed by atoms with Gasteiger partial charge in [-0.25, -0.2) is 13.2 Å². The van der Waals surface area contributed by atoms with Gasteiger partial charge < -0.3 is 9.47 Å². The number of anilines is 1. The normalized spacial score (nSPS) is 14.7. The zero-order valence-electron chi connectivity index (χ0n) is 15.2. The summed E-state index contributed by atoms with van der Waals surface area (Å²) in [4.78, 5) is 11.8. The highest BCUT2D eigenvalue weighted by molar-refractivity contribution is 7.92. The summed E-state index contributed by atoms with van der Waals surface area (Å²) in [6.07, 6.45) is 4.67. The highest BCUT2D eigenvalue weighted by Crippen LogP contribution is 2.25. The topological polar surface area (TPSA) is 81.7 Å². The van der Waals surface area contributed by atoms with Gasteiger partial charge in [-0.3, -0.25) is 4.72 Å². The van der Waals surface area contributed by atoms with Crippen LogP contribution in [0.2, 0.25) is 0 Å². The Balaban J connectivity index is 1.66. The molecule has 27 heavy (non-hydrogen) atoms. The van der Waals surface area contributed by atoms with Crippen molar-refractivity contribution in [1.82, 2.24) is 0 Å². The maximum absolute atomic E-state index is 12.5. The van der Waals surface area contributed by atoms with Crippen molar-refractivity contribution in [2.24, 2.45) is 0 Å². The monoisotopic (exact) mass is 389 g/mol. The third kappa shape index (κ3) is 5.01. The minimum Gasteiger partial charge on any atom is -0.490 e. The molecule has 0 aliphatic heterocycles. The van der Waals surface area contributed by atoms with Crippen molar-refractivity contribution in [3.8, 4) is 5.75 Å². The molecule has 0 unspecified atom stereocenters. The molecule has 1 fully saturated rings. The molecule has 0 heterocycles. The van der Waals surface area contributed by atoms with E-state index in [1.807, 2.05) is 0 Å². The van der Waals surface area contributed by atoms with Crippen LogP contribution in [0.3, 0.4) is 0 Å². The summed E-state index contributed by atoms with van der Waals surface area (Å²) in [6, 6.07) is 12.5. The average molecular weight is 389 g/mol. The first-order chi connectivity index (χ1) is 13.0. The zero-order valence-corrected chi connectivity index (χ0v) is 16.0. The molecule has 0 aromatic heterocycles. The fraction of sp³-hybridized carbons (Fsp3) is 0.350. The van der Waals surface area contributed by atoms with E-state index < -0.39 is 16.0 Å². The SMILES string of the molecule is CCOC(=O)c1ccc(NS(=O)(=O)c2ccc(OC3CCCC3)cc2)cc1. The van der Waals surface area contributed by atoms with Crippen LogP contribution < -0.4 is 9.46 Å². The summed E-state index contributed by atoms with van der Waals surface area (Å²) in [6.45, 7) is 2.01. The lowest BCUT2D eigenvalue weighted by Gasteiger charge is -2.13. The summed E-state index contributed by atoms with van der Waals surface area (Å²) in [5, 5.41) is 0. The van der Waals surface area contributed by atoms with Crippen molar-refractivity contribution in [2.75, 3.05) is 11.3 Å². The van der Waals surface area contributed by atoms with Crippen molar-refractivity contribution >= 4 is 21.7 Å². The molecule has 1 saturated carbocycles. The fourth-order valence-electron chi connectivity index (χ4n) is 3.00. The quantitative estimate of drug-likeness (QED) is 0.724. The van der Waals surface area contributed by atoms with Gasteiger partial charge in [0.05, 0.1) is 23.2 Å². The maximum atomic E-state index is 12.5. The van der Waals surface area contributed by atoms with Crippen molar-refractivity contribution < 1.29 is 22.7 Å². The molecule has 1 aliphatic carbocycles. The van der Waals surface area contributed by atoms with Crippen LogP contribution in [-0.4, -0.2) is 27.1 Å². The molecule has 1 N–H and O–H groups in total. The second-order valence-electron chi connectivity index (χ2n) is 6.40. The number of carbonyl (C=O) groups excluding carboxylic acids is 1. The predicted molar refractivity (Wildman–Crippen MR) is 103 cm³/mol. The highest BCUT2D eigenvalue weighted by Gasteiger charge is 2.18. The van der Waals surface area contributed by atoms with Gasteiger partial charge in [0, 0.05) is 5.69 Å². The van der Waals surface area contributed by atoms with Crippen molar-refractivity contribution in [3.63, 3.8) is 0 Å². The highest BCUT2D eigenvalue weighted by atomic mass is 32.2. The average Bonchev–Trinajstić information content (AvgIpc) is 3.16. The van der Waals surface area contributed by atoms with E-state index in [1.54, 1.807) is 19.1 Å². The second-order valence-corrected chi connectivity index (χ2v) is 8.08. The van der Waals surface area contributed by atoms with Crippen LogP contribution in [0.15, 0.2) is 53.4 Å². The molecule has 1 aliphatic rings. The number of hydrogen-bond acceptors (Lipinski definition) is 5. The first kappa shape index (κ1) is 19.2. The molecular formula is C20H23NO5S. The largest absolute Gasteiger partial charge is 0.490 e. The van der Waals surface area contributed by atoms with Gasteiger partial charge >= 0.3 is 5.97 Å². The molecular weight excluding hydrogens is 366 g/mol. The molecule has 3 rings (SSSR count). The van der Waals surface area contributed by atoms with E-state index in [-0.39, 0.29) is 17.6 Å². The lowest BCUT2D eigenvalue weighted by atomic mass is 10.2. The summed E-state index contributed by atoms with van der Waals surface area (Å²) in [5.41, 5.74) is 0.738. The van der Waals surface area contributed by atoms with Crippen LogP contribution in [-0.2, 0) is 14.8 Å². The van der Waals surface area contributed by atoms with Gasteiger partial charge in [0.1, 0.15) is 5.75 Å². The molecule has 7 heteroatoms. The zero-order chi connectivity index (χ0) is 19.3. The van der Waals surface area contributed by atoms with Crippen LogP contribution in [0.25, 0.3) is 0 Å². The minimum absolute atomic E-state index is 0.149. The molecule has 6 nitrogen and oxygen atoms in total. The van der Waals surface area contributed by atoms with E-state index in [4.69, 9.17) is 9.47 Å². The number of nitrogens with one attached hydrogen (secondary N) is 1. The van der Waals surface area contributed by atoms with Crippen LogP contribution in [0.4, 0.5) is 5.69 Å². The number of hydrogen-bond donors (Lipinski definition) is 1. The summed E-state index contributed by atoms with van der Waals surface area (Å²) < 4.78 is 38.3. The lowest BCUT2D eigenvalue weighted by molar-refractivity contribution is 0.0526. The first-order valence-corrected chi connectivity index (χ1v) is 10.5. The van der Waals surface area contributed by atoms with E-state index in [9.17, 15) is 13.2 Å². The Labute approximate surface area is 159 Å². The van der Waals surface area contributed by atoms with Gasteiger partial charge in [-0.15, -0.1) is 0 Å². The van der Waals surface area contributed by atoms with Crippen molar-refractivity contribution in [1.29, 1.82) is 0 Å². The van der Waals surface area contributed by atoms with E-state index in [2.05, 4.69) is 4.72 Å². The molecule has 0 saturated heterocycles. The van der Waals surface area contributed by atoms with Crippen molar-refractivity contribution in [2.45, 2.75) is 43.6 Å². The fourth-order valence-corrected chi connectivity index (χ4v) is 4.06. The third-order valence-corrected chi connectivity index (χ3v) is 5.78. The third-order valence-electron chi connectivity index (χ3n) is 4.39. The van der Waals surface area contributed by atoms with Gasteiger partial charge in [-0.2, -0.15) is 0 Å². The Hall–Kier alpha value is -2.54.